The van der Waals surface area contributed by atoms with Gasteiger partial charge in [-0.05, 0) is 31.6 Å². The third kappa shape index (κ3) is 8.57. The first kappa shape index (κ1) is 15.3. The first-order valence-electron chi connectivity index (χ1n) is 6.36. The minimum atomic E-state index is 0.413. The lowest BCUT2D eigenvalue weighted by Crippen LogP contribution is -2.42. The highest BCUT2D eigenvalue weighted by Crippen LogP contribution is 2.21. The molecule has 3 nitrogen and oxygen atoms in total. The highest BCUT2D eigenvalue weighted by Gasteiger charge is 2.12. The fourth-order valence-corrected chi connectivity index (χ4v) is 1.39. The van der Waals surface area contributed by atoms with Crippen molar-refractivity contribution >= 4 is 5.96 Å². The lowest BCUT2D eigenvalue weighted by molar-refractivity contribution is 0.346. The molecule has 96 valence electrons. The van der Waals surface area contributed by atoms with Crippen molar-refractivity contribution in [3.05, 3.63) is 0 Å². The molecule has 0 rings (SSSR count). The molecule has 0 saturated heterocycles. The van der Waals surface area contributed by atoms with E-state index in [1.165, 1.54) is 12.8 Å². The smallest absolute Gasteiger partial charge is 0.191 e. The fraction of sp³-hybridized carbons (Fsp3) is 0.923. The molecule has 2 N–H and O–H groups in total. The van der Waals surface area contributed by atoms with Gasteiger partial charge in [-0.1, -0.05) is 27.7 Å². The van der Waals surface area contributed by atoms with E-state index < -0.39 is 0 Å². The molecule has 0 aromatic rings. The molecule has 0 fully saturated rings. The van der Waals surface area contributed by atoms with Gasteiger partial charge in [-0.3, -0.25) is 4.99 Å². The molecular weight excluding hydrogens is 198 g/mol. The van der Waals surface area contributed by atoms with Crippen LogP contribution in [-0.4, -0.2) is 25.6 Å². The molecule has 0 amide bonds. The maximum atomic E-state index is 4.20. The minimum absolute atomic E-state index is 0.413. The molecule has 0 bridgehead atoms. The molecule has 0 saturated carbocycles. The van der Waals surface area contributed by atoms with E-state index in [0.717, 1.165) is 18.9 Å². The molecule has 0 radical (unpaired) electrons. The highest BCUT2D eigenvalue weighted by molar-refractivity contribution is 5.79. The predicted octanol–water partition coefficient (Wildman–Crippen LogP) is 2.78. The van der Waals surface area contributed by atoms with Crippen LogP contribution in [0.1, 0.15) is 53.9 Å². The van der Waals surface area contributed by atoms with Crippen molar-refractivity contribution in [2.24, 2.45) is 10.4 Å². The zero-order chi connectivity index (χ0) is 12.6. The van der Waals surface area contributed by atoms with Crippen LogP contribution in [0.15, 0.2) is 4.99 Å². The summed E-state index contributed by atoms with van der Waals surface area (Å²) in [5.74, 6) is 0.920. The Balaban J connectivity index is 3.88. The summed E-state index contributed by atoms with van der Waals surface area (Å²) in [4.78, 5) is 4.20. The van der Waals surface area contributed by atoms with Gasteiger partial charge in [0.2, 0.25) is 0 Å². The summed E-state index contributed by atoms with van der Waals surface area (Å²) in [5, 5.41) is 6.70. The van der Waals surface area contributed by atoms with Gasteiger partial charge in [-0.25, -0.2) is 0 Å². The normalized spacial score (nSPS) is 14.8. The third-order valence-corrected chi connectivity index (χ3v) is 2.48. The van der Waals surface area contributed by atoms with Crippen LogP contribution in [0.25, 0.3) is 0 Å². The SMILES string of the molecule is CCCNC(=NC)NC(C)CCC(C)(C)C. The van der Waals surface area contributed by atoms with Gasteiger partial charge in [0, 0.05) is 19.6 Å². The van der Waals surface area contributed by atoms with E-state index in [-0.39, 0.29) is 0 Å². The third-order valence-electron chi connectivity index (χ3n) is 2.48. The molecule has 3 heteroatoms. The van der Waals surface area contributed by atoms with Crippen molar-refractivity contribution in [3.63, 3.8) is 0 Å². The Hall–Kier alpha value is -0.730. The van der Waals surface area contributed by atoms with Gasteiger partial charge in [0.25, 0.3) is 0 Å². The zero-order valence-corrected chi connectivity index (χ0v) is 11.9. The summed E-state index contributed by atoms with van der Waals surface area (Å²) in [6.45, 7) is 12.2. The van der Waals surface area contributed by atoms with E-state index in [1.807, 2.05) is 7.05 Å². The van der Waals surface area contributed by atoms with Gasteiger partial charge in [0.1, 0.15) is 0 Å². The largest absolute Gasteiger partial charge is 0.356 e. The minimum Gasteiger partial charge on any atom is -0.356 e. The number of hydrogen-bond donors (Lipinski definition) is 2. The quantitative estimate of drug-likeness (QED) is 0.560. The Morgan fingerprint density at radius 1 is 1.31 bits per heavy atom. The fourth-order valence-electron chi connectivity index (χ4n) is 1.39. The monoisotopic (exact) mass is 227 g/mol. The number of rotatable bonds is 5. The second-order valence-corrected chi connectivity index (χ2v) is 5.64. The van der Waals surface area contributed by atoms with Crippen LogP contribution >= 0.6 is 0 Å². The van der Waals surface area contributed by atoms with Crippen molar-refractivity contribution in [1.29, 1.82) is 0 Å². The van der Waals surface area contributed by atoms with Gasteiger partial charge < -0.3 is 10.6 Å². The van der Waals surface area contributed by atoms with Gasteiger partial charge in [0.05, 0.1) is 0 Å². The lowest BCUT2D eigenvalue weighted by atomic mass is 9.89. The van der Waals surface area contributed by atoms with Crippen molar-refractivity contribution in [3.8, 4) is 0 Å². The second kappa shape index (κ2) is 7.53. The molecule has 16 heavy (non-hydrogen) atoms. The molecule has 1 unspecified atom stereocenters. The number of nitrogens with zero attached hydrogens (tertiary/aromatic N) is 1. The number of aliphatic imine (C=N–C) groups is 1. The first-order chi connectivity index (χ1) is 7.39. The van der Waals surface area contributed by atoms with Crippen molar-refractivity contribution < 1.29 is 0 Å². The van der Waals surface area contributed by atoms with E-state index in [1.54, 1.807) is 0 Å². The summed E-state index contributed by atoms with van der Waals surface area (Å²) in [5.41, 5.74) is 0.413. The Morgan fingerprint density at radius 3 is 2.38 bits per heavy atom. The maximum absolute atomic E-state index is 4.20. The summed E-state index contributed by atoms with van der Waals surface area (Å²) in [6.07, 6.45) is 3.53. The average Bonchev–Trinajstić information content (AvgIpc) is 2.20. The van der Waals surface area contributed by atoms with Gasteiger partial charge >= 0.3 is 0 Å². The second-order valence-electron chi connectivity index (χ2n) is 5.64. The van der Waals surface area contributed by atoms with E-state index >= 15 is 0 Å². The molecule has 0 aliphatic heterocycles. The molecule has 1 atom stereocenters. The Kier molecular flexibility index (Phi) is 7.18. The summed E-state index contributed by atoms with van der Waals surface area (Å²) >= 11 is 0. The van der Waals surface area contributed by atoms with Crippen molar-refractivity contribution in [2.75, 3.05) is 13.6 Å². The topological polar surface area (TPSA) is 36.4 Å². The van der Waals surface area contributed by atoms with E-state index in [9.17, 15) is 0 Å². The molecule has 0 heterocycles. The molecular formula is C13H29N3. The van der Waals surface area contributed by atoms with Gasteiger partial charge in [-0.2, -0.15) is 0 Å². The predicted molar refractivity (Wildman–Crippen MR) is 72.9 cm³/mol. The van der Waals surface area contributed by atoms with E-state index in [4.69, 9.17) is 0 Å². The van der Waals surface area contributed by atoms with Crippen molar-refractivity contribution in [2.45, 2.75) is 59.9 Å². The number of guanidine groups is 1. The van der Waals surface area contributed by atoms with Crippen LogP contribution < -0.4 is 10.6 Å². The Morgan fingerprint density at radius 2 is 1.94 bits per heavy atom. The van der Waals surface area contributed by atoms with E-state index in [2.05, 4.69) is 50.2 Å². The van der Waals surface area contributed by atoms with Gasteiger partial charge in [0.15, 0.2) is 5.96 Å². The van der Waals surface area contributed by atoms with Crippen LogP contribution in [0.3, 0.4) is 0 Å². The average molecular weight is 227 g/mol. The van der Waals surface area contributed by atoms with Crippen molar-refractivity contribution in [1.82, 2.24) is 10.6 Å². The Bertz CT molecular complexity index is 204. The van der Waals surface area contributed by atoms with Crippen LogP contribution in [-0.2, 0) is 0 Å². The zero-order valence-electron chi connectivity index (χ0n) is 11.9. The maximum Gasteiger partial charge on any atom is 0.191 e. The highest BCUT2D eigenvalue weighted by atomic mass is 15.2. The number of hydrogen-bond acceptors (Lipinski definition) is 1. The molecule has 0 aromatic heterocycles. The number of nitrogens with one attached hydrogen (secondary N) is 2. The lowest BCUT2D eigenvalue weighted by Gasteiger charge is -2.23. The standard InChI is InChI=1S/C13H29N3/c1-7-10-15-12(14-6)16-11(2)8-9-13(3,4)5/h11H,7-10H2,1-6H3,(H2,14,15,16). The molecule has 0 aliphatic carbocycles. The molecule has 0 aromatic carbocycles. The Labute approximate surface area is 101 Å². The first-order valence-corrected chi connectivity index (χ1v) is 6.36. The van der Waals surface area contributed by atoms with E-state index in [0.29, 0.717) is 11.5 Å². The summed E-state index contributed by atoms with van der Waals surface area (Å²) < 4.78 is 0. The summed E-state index contributed by atoms with van der Waals surface area (Å²) in [7, 11) is 1.82. The van der Waals surface area contributed by atoms with Crippen LogP contribution in [0.5, 0.6) is 0 Å². The van der Waals surface area contributed by atoms with Crippen LogP contribution in [0.2, 0.25) is 0 Å². The van der Waals surface area contributed by atoms with Crippen LogP contribution in [0, 0.1) is 5.41 Å². The molecule has 0 aliphatic rings. The summed E-state index contributed by atoms with van der Waals surface area (Å²) in [6, 6.07) is 0.474. The van der Waals surface area contributed by atoms with Crippen LogP contribution in [0.4, 0.5) is 0 Å². The van der Waals surface area contributed by atoms with Gasteiger partial charge in [-0.15, -0.1) is 0 Å². The molecule has 0 spiro atoms.